The molecule has 116 valence electrons. The molecule has 0 bridgehead atoms. The molecule has 0 saturated carbocycles. The maximum absolute atomic E-state index is 11.9. The van der Waals surface area contributed by atoms with E-state index in [-0.39, 0.29) is 0 Å². The van der Waals surface area contributed by atoms with E-state index in [1.165, 1.54) is 6.26 Å². The van der Waals surface area contributed by atoms with E-state index in [0.717, 1.165) is 11.0 Å². The molecule has 0 aromatic carbocycles. The topological polar surface area (TPSA) is 81.2 Å². The Morgan fingerprint density at radius 1 is 1.50 bits per heavy atom. The molecule has 8 heteroatoms. The van der Waals surface area contributed by atoms with Gasteiger partial charge >= 0.3 is 0 Å². The monoisotopic (exact) mass is 366 g/mol. The molecule has 6 nitrogen and oxygen atoms in total. The predicted molar refractivity (Wildman–Crippen MR) is 84.3 cm³/mol. The summed E-state index contributed by atoms with van der Waals surface area (Å²) in [5.41, 5.74) is 6.94. The fraction of sp³-hybridized carbons (Fsp3) is 0.750. The number of sulfone groups is 1. The highest BCUT2D eigenvalue weighted by Gasteiger charge is 2.40. The summed E-state index contributed by atoms with van der Waals surface area (Å²) in [4.78, 5) is 2.03. The molecule has 0 aliphatic heterocycles. The van der Waals surface area contributed by atoms with E-state index in [1.807, 2.05) is 19.0 Å². The summed E-state index contributed by atoms with van der Waals surface area (Å²) in [6, 6.07) is -0.656. The van der Waals surface area contributed by atoms with Crippen molar-refractivity contribution in [3.63, 3.8) is 0 Å². The number of likely N-dealkylation sites (N-methyl/N-ethyl adjacent to an activating group) is 1. The fourth-order valence-electron chi connectivity index (χ4n) is 1.71. The average molecular weight is 367 g/mol. The molecule has 1 aromatic heterocycles. The highest BCUT2D eigenvalue weighted by Crippen LogP contribution is 2.33. The van der Waals surface area contributed by atoms with Gasteiger partial charge in [-0.1, -0.05) is 0 Å². The van der Waals surface area contributed by atoms with Gasteiger partial charge in [0.05, 0.1) is 33.7 Å². The number of aromatic nitrogens is 2. The quantitative estimate of drug-likeness (QED) is 0.812. The lowest BCUT2D eigenvalue weighted by molar-refractivity contribution is 0.361. The number of nitrogens with zero attached hydrogens (tertiary/aromatic N) is 3. The molecular formula is C12H23BrN4O2S. The maximum atomic E-state index is 11.9. The first-order valence-electron chi connectivity index (χ1n) is 6.29. The molecule has 0 radical (unpaired) electrons. The summed E-state index contributed by atoms with van der Waals surface area (Å²) in [7, 11) is 0.652. The molecule has 0 aliphatic carbocycles. The van der Waals surface area contributed by atoms with Crippen LogP contribution in [0.25, 0.3) is 0 Å². The predicted octanol–water partition coefficient (Wildman–Crippen LogP) is 1.03. The molecule has 0 aliphatic rings. The van der Waals surface area contributed by atoms with Crippen molar-refractivity contribution >= 4 is 25.8 Å². The second kappa shape index (κ2) is 6.13. The molecule has 1 unspecified atom stereocenters. The Hall–Kier alpha value is -0.440. The van der Waals surface area contributed by atoms with Crippen molar-refractivity contribution in [1.29, 1.82) is 0 Å². The van der Waals surface area contributed by atoms with E-state index < -0.39 is 20.6 Å². The highest BCUT2D eigenvalue weighted by atomic mass is 79.9. The lowest BCUT2D eigenvalue weighted by atomic mass is 10.0. The van der Waals surface area contributed by atoms with Crippen molar-refractivity contribution in [3.8, 4) is 0 Å². The van der Waals surface area contributed by atoms with Crippen LogP contribution in [0.4, 0.5) is 0 Å². The van der Waals surface area contributed by atoms with Crippen LogP contribution in [-0.4, -0.2) is 54.7 Å². The van der Waals surface area contributed by atoms with Gasteiger partial charge in [-0.05, 0) is 43.9 Å². The highest BCUT2D eigenvalue weighted by molar-refractivity contribution is 9.10. The van der Waals surface area contributed by atoms with Gasteiger partial charge in [-0.2, -0.15) is 5.10 Å². The SMILES string of the molecule is CN(C)CCn1ncc(Br)c1C(N)C(C)(C)S(C)(=O)=O. The Balaban J connectivity index is 3.16. The first-order valence-corrected chi connectivity index (χ1v) is 8.98. The fourth-order valence-corrected chi connectivity index (χ4v) is 2.83. The number of hydrogen-bond donors (Lipinski definition) is 1. The van der Waals surface area contributed by atoms with Crippen LogP contribution in [0.3, 0.4) is 0 Å². The zero-order valence-corrected chi connectivity index (χ0v) is 15.0. The van der Waals surface area contributed by atoms with Crippen LogP contribution in [0, 0.1) is 0 Å². The number of hydrogen-bond acceptors (Lipinski definition) is 5. The summed E-state index contributed by atoms with van der Waals surface area (Å²) >= 11 is 3.41. The van der Waals surface area contributed by atoms with Crippen LogP contribution in [0.5, 0.6) is 0 Å². The molecule has 0 amide bonds. The van der Waals surface area contributed by atoms with Gasteiger partial charge in [-0.15, -0.1) is 0 Å². The lowest BCUT2D eigenvalue weighted by Gasteiger charge is -2.30. The Labute approximate surface area is 129 Å². The van der Waals surface area contributed by atoms with Crippen LogP contribution in [-0.2, 0) is 16.4 Å². The van der Waals surface area contributed by atoms with Crippen molar-refractivity contribution in [1.82, 2.24) is 14.7 Å². The van der Waals surface area contributed by atoms with Gasteiger partial charge in [0.25, 0.3) is 0 Å². The number of nitrogens with two attached hydrogens (primary N) is 1. The molecule has 2 N–H and O–H groups in total. The zero-order chi connectivity index (χ0) is 15.7. The minimum Gasteiger partial charge on any atom is -0.321 e. The van der Waals surface area contributed by atoms with Crippen molar-refractivity contribution < 1.29 is 8.42 Å². The van der Waals surface area contributed by atoms with Crippen LogP contribution < -0.4 is 5.73 Å². The third-order valence-corrected chi connectivity index (χ3v) is 6.37. The standard InChI is InChI=1S/C12H23BrN4O2S/c1-12(2,20(5,18)19)11(14)10-9(13)8-15-17(10)7-6-16(3)4/h8,11H,6-7,14H2,1-5H3. The summed E-state index contributed by atoms with van der Waals surface area (Å²) in [6.07, 6.45) is 2.87. The van der Waals surface area contributed by atoms with Crippen molar-refractivity contribution in [3.05, 3.63) is 16.4 Å². The second-order valence-corrected chi connectivity index (χ2v) is 9.21. The van der Waals surface area contributed by atoms with Gasteiger partial charge in [0.2, 0.25) is 0 Å². The van der Waals surface area contributed by atoms with Crippen LogP contribution in [0.2, 0.25) is 0 Å². The molecule has 1 heterocycles. The summed E-state index contributed by atoms with van der Waals surface area (Å²) in [6.45, 7) is 4.74. The molecule has 1 rings (SSSR count). The first kappa shape index (κ1) is 17.6. The van der Waals surface area contributed by atoms with E-state index in [1.54, 1.807) is 24.7 Å². The molecule has 1 aromatic rings. The first-order chi connectivity index (χ1) is 8.98. The van der Waals surface area contributed by atoms with Gasteiger partial charge < -0.3 is 10.6 Å². The Kier molecular flexibility index (Phi) is 5.40. The zero-order valence-electron chi connectivity index (χ0n) is 12.6. The van der Waals surface area contributed by atoms with Gasteiger partial charge in [0.15, 0.2) is 9.84 Å². The molecule has 1 atom stereocenters. The minimum absolute atomic E-state index is 0.654. The largest absolute Gasteiger partial charge is 0.321 e. The summed E-state index contributed by atoms with van der Waals surface area (Å²) in [5.74, 6) is 0. The van der Waals surface area contributed by atoms with E-state index in [4.69, 9.17) is 5.73 Å². The Morgan fingerprint density at radius 3 is 2.50 bits per heavy atom. The van der Waals surface area contributed by atoms with Gasteiger partial charge in [0, 0.05) is 12.8 Å². The van der Waals surface area contributed by atoms with E-state index in [2.05, 4.69) is 21.0 Å². The van der Waals surface area contributed by atoms with E-state index >= 15 is 0 Å². The van der Waals surface area contributed by atoms with E-state index in [9.17, 15) is 8.42 Å². The van der Waals surface area contributed by atoms with Gasteiger partial charge in [0.1, 0.15) is 0 Å². The normalized spacial score (nSPS) is 14.8. The molecule has 0 spiro atoms. The second-order valence-electron chi connectivity index (χ2n) is 5.76. The minimum atomic E-state index is -3.29. The van der Waals surface area contributed by atoms with Gasteiger partial charge in [-0.3, -0.25) is 4.68 Å². The van der Waals surface area contributed by atoms with Crippen molar-refractivity contribution in [2.24, 2.45) is 5.73 Å². The van der Waals surface area contributed by atoms with Crippen LogP contribution in [0.15, 0.2) is 10.7 Å². The maximum Gasteiger partial charge on any atom is 0.154 e. The Morgan fingerprint density at radius 2 is 2.05 bits per heavy atom. The third-order valence-electron chi connectivity index (χ3n) is 3.59. The van der Waals surface area contributed by atoms with Crippen molar-refractivity contribution in [2.75, 3.05) is 26.9 Å². The summed E-state index contributed by atoms with van der Waals surface area (Å²) < 4.78 is 25.3. The smallest absolute Gasteiger partial charge is 0.154 e. The van der Waals surface area contributed by atoms with Gasteiger partial charge in [-0.25, -0.2) is 8.42 Å². The molecular weight excluding hydrogens is 344 g/mol. The average Bonchev–Trinajstić information content (AvgIpc) is 2.65. The van der Waals surface area contributed by atoms with Crippen molar-refractivity contribution in [2.45, 2.75) is 31.2 Å². The summed E-state index contributed by atoms with van der Waals surface area (Å²) in [5, 5.41) is 4.27. The van der Waals surface area contributed by atoms with Crippen LogP contribution >= 0.6 is 15.9 Å². The number of rotatable bonds is 6. The molecule has 0 saturated heterocycles. The molecule has 20 heavy (non-hydrogen) atoms. The molecule has 0 fully saturated rings. The number of halogens is 1. The van der Waals surface area contributed by atoms with Crippen LogP contribution in [0.1, 0.15) is 25.6 Å². The Bertz CT molecular complexity index is 566. The van der Waals surface area contributed by atoms with E-state index in [0.29, 0.717) is 12.2 Å². The lowest BCUT2D eigenvalue weighted by Crippen LogP contribution is -2.43. The third kappa shape index (κ3) is 3.60.